The Bertz CT molecular complexity index is 2730. The van der Waals surface area contributed by atoms with Crippen LogP contribution in [0.4, 0.5) is 17.1 Å². The minimum absolute atomic E-state index is 0.471. The van der Waals surface area contributed by atoms with Crippen molar-refractivity contribution >= 4 is 60.5 Å². The summed E-state index contributed by atoms with van der Waals surface area (Å²) in [7, 11) is 0. The highest BCUT2D eigenvalue weighted by atomic mass is 16.3. The third kappa shape index (κ3) is 4.48. The second-order valence-electron chi connectivity index (χ2n) is 13.6. The lowest BCUT2D eigenvalue weighted by Crippen LogP contribution is -2.10. The van der Waals surface area contributed by atoms with Gasteiger partial charge in [-0.05, 0) is 139 Å². The topological polar surface area (TPSA) is 16.4 Å². The molecule has 0 spiro atoms. The molecule has 0 unspecified atom stereocenters. The van der Waals surface area contributed by atoms with Crippen molar-refractivity contribution in [2.45, 2.75) is 19.8 Å². The molecule has 1 aromatic heterocycles. The van der Waals surface area contributed by atoms with E-state index in [4.69, 9.17) is 4.42 Å². The smallest absolute Gasteiger partial charge is 0.137 e. The Morgan fingerprint density at radius 2 is 0.980 bits per heavy atom. The van der Waals surface area contributed by atoms with Gasteiger partial charge in [0.15, 0.2) is 0 Å². The van der Waals surface area contributed by atoms with Crippen molar-refractivity contribution in [3.63, 3.8) is 0 Å². The van der Waals surface area contributed by atoms with Gasteiger partial charge < -0.3 is 9.32 Å². The highest BCUT2D eigenvalue weighted by Crippen LogP contribution is 2.51. The molecule has 1 aliphatic rings. The standard InChI is InChI=1S/C47H33NO/c1-29(2)30-14-17-37(18-15-30)48(39-20-21-41-40-10-6-7-11-46(40)49-47(41)28-39)38-19-16-34-25-43-44-26-35-22-32(31-8-4-3-5-9-31)12-13-33(35)24-42(44)45(43)27-36(34)23-38/h3-29H,1-2H3. The van der Waals surface area contributed by atoms with E-state index >= 15 is 0 Å². The molecule has 1 aliphatic carbocycles. The van der Waals surface area contributed by atoms with Crippen molar-refractivity contribution in [1.82, 2.24) is 0 Å². The van der Waals surface area contributed by atoms with Crippen LogP contribution >= 0.6 is 0 Å². The Hall–Kier alpha value is -6.12. The lowest BCUT2D eigenvalue weighted by molar-refractivity contribution is 0.669. The maximum absolute atomic E-state index is 6.34. The first-order valence-corrected chi connectivity index (χ1v) is 17.1. The summed E-state index contributed by atoms with van der Waals surface area (Å²) < 4.78 is 6.34. The zero-order chi connectivity index (χ0) is 32.6. The highest BCUT2D eigenvalue weighted by Gasteiger charge is 2.24. The van der Waals surface area contributed by atoms with Gasteiger partial charge in [-0.25, -0.2) is 0 Å². The van der Waals surface area contributed by atoms with Gasteiger partial charge in [-0.15, -0.1) is 0 Å². The molecule has 8 aromatic carbocycles. The van der Waals surface area contributed by atoms with Crippen LogP contribution in [0.5, 0.6) is 0 Å². The monoisotopic (exact) mass is 627 g/mol. The number of hydrogen-bond donors (Lipinski definition) is 0. The SMILES string of the molecule is CC(C)c1ccc(N(c2ccc3cc4c(cc3c2)-c2cc3ccc(-c5ccccc5)cc3cc2-4)c2ccc3c(c2)oc2ccccc23)cc1. The summed E-state index contributed by atoms with van der Waals surface area (Å²) in [6.45, 7) is 4.48. The molecular formula is C47H33NO. The molecule has 0 atom stereocenters. The van der Waals surface area contributed by atoms with Crippen LogP contribution in [0.3, 0.4) is 0 Å². The number of benzene rings is 8. The fourth-order valence-electron chi connectivity index (χ4n) is 7.67. The molecule has 9 aromatic rings. The Morgan fingerprint density at radius 3 is 1.71 bits per heavy atom. The van der Waals surface area contributed by atoms with E-state index in [-0.39, 0.29) is 0 Å². The molecule has 0 fully saturated rings. The highest BCUT2D eigenvalue weighted by molar-refractivity contribution is 6.12. The van der Waals surface area contributed by atoms with Crippen molar-refractivity contribution in [2.24, 2.45) is 0 Å². The first-order valence-electron chi connectivity index (χ1n) is 17.1. The van der Waals surface area contributed by atoms with Crippen molar-refractivity contribution in [3.05, 3.63) is 163 Å². The molecule has 0 saturated heterocycles. The first kappa shape index (κ1) is 27.9. The van der Waals surface area contributed by atoms with Gasteiger partial charge in [0.1, 0.15) is 11.2 Å². The molecule has 2 heteroatoms. The summed E-state index contributed by atoms with van der Waals surface area (Å²) in [5.74, 6) is 0.471. The van der Waals surface area contributed by atoms with Crippen LogP contribution in [-0.2, 0) is 0 Å². The fourth-order valence-corrected chi connectivity index (χ4v) is 7.67. The van der Waals surface area contributed by atoms with Crippen molar-refractivity contribution in [2.75, 3.05) is 4.90 Å². The lowest BCUT2D eigenvalue weighted by atomic mass is 9.77. The Kier molecular flexibility index (Phi) is 6.10. The van der Waals surface area contributed by atoms with Gasteiger partial charge in [-0.2, -0.15) is 0 Å². The summed E-state index contributed by atoms with van der Waals surface area (Å²) in [5.41, 5.74) is 14.3. The van der Waals surface area contributed by atoms with E-state index in [1.807, 2.05) is 12.1 Å². The van der Waals surface area contributed by atoms with Crippen molar-refractivity contribution in [1.29, 1.82) is 0 Å². The molecule has 49 heavy (non-hydrogen) atoms. The molecule has 2 nitrogen and oxygen atoms in total. The quantitative estimate of drug-likeness (QED) is 0.189. The summed E-state index contributed by atoms with van der Waals surface area (Å²) in [4.78, 5) is 2.35. The first-order chi connectivity index (χ1) is 24.1. The van der Waals surface area contributed by atoms with Gasteiger partial charge in [0.25, 0.3) is 0 Å². The maximum Gasteiger partial charge on any atom is 0.137 e. The average molecular weight is 628 g/mol. The summed E-state index contributed by atoms with van der Waals surface area (Å²) >= 11 is 0. The number of para-hydroxylation sites is 1. The lowest BCUT2D eigenvalue weighted by Gasteiger charge is -2.28. The van der Waals surface area contributed by atoms with E-state index in [9.17, 15) is 0 Å². The van der Waals surface area contributed by atoms with Crippen LogP contribution in [0.2, 0.25) is 0 Å². The molecule has 10 rings (SSSR count). The van der Waals surface area contributed by atoms with Crippen molar-refractivity contribution < 1.29 is 4.42 Å². The van der Waals surface area contributed by atoms with Crippen LogP contribution in [0.15, 0.2) is 162 Å². The molecule has 1 heterocycles. The minimum Gasteiger partial charge on any atom is -0.456 e. The predicted molar refractivity (Wildman–Crippen MR) is 207 cm³/mol. The van der Waals surface area contributed by atoms with E-state index in [0.717, 1.165) is 39.0 Å². The normalized spacial score (nSPS) is 12.1. The molecule has 232 valence electrons. The Balaban J connectivity index is 1.08. The van der Waals surface area contributed by atoms with Gasteiger partial charge in [-0.3, -0.25) is 0 Å². The maximum atomic E-state index is 6.34. The number of nitrogens with zero attached hydrogens (tertiary/aromatic N) is 1. The molecule has 0 bridgehead atoms. The van der Waals surface area contributed by atoms with Gasteiger partial charge in [-0.1, -0.05) is 92.7 Å². The molecular weight excluding hydrogens is 595 g/mol. The van der Waals surface area contributed by atoms with E-state index in [0.29, 0.717) is 5.92 Å². The van der Waals surface area contributed by atoms with E-state index < -0.39 is 0 Å². The van der Waals surface area contributed by atoms with Crippen LogP contribution < -0.4 is 4.90 Å². The average Bonchev–Trinajstić information content (AvgIpc) is 3.52. The summed E-state index contributed by atoms with van der Waals surface area (Å²) in [5, 5.41) is 7.31. The van der Waals surface area contributed by atoms with Crippen LogP contribution in [0.25, 0.3) is 76.9 Å². The van der Waals surface area contributed by atoms with Gasteiger partial charge in [0.2, 0.25) is 0 Å². The third-order valence-corrected chi connectivity index (χ3v) is 10.3. The largest absolute Gasteiger partial charge is 0.456 e. The van der Waals surface area contributed by atoms with Crippen molar-refractivity contribution in [3.8, 4) is 33.4 Å². The molecule has 0 N–H and O–H groups in total. The molecule has 0 saturated carbocycles. The fraction of sp³-hybridized carbons (Fsp3) is 0.0638. The van der Waals surface area contributed by atoms with E-state index in [1.165, 1.54) is 60.5 Å². The Labute approximate surface area is 285 Å². The zero-order valence-electron chi connectivity index (χ0n) is 27.4. The zero-order valence-corrected chi connectivity index (χ0v) is 27.4. The minimum atomic E-state index is 0.471. The van der Waals surface area contributed by atoms with Crippen LogP contribution in [-0.4, -0.2) is 0 Å². The van der Waals surface area contributed by atoms with Gasteiger partial charge in [0.05, 0.1) is 0 Å². The second kappa shape index (κ2) is 10.7. The number of furan rings is 1. The third-order valence-electron chi connectivity index (χ3n) is 10.3. The predicted octanol–water partition coefficient (Wildman–Crippen LogP) is 13.8. The second-order valence-corrected chi connectivity index (χ2v) is 13.6. The molecule has 0 aliphatic heterocycles. The van der Waals surface area contributed by atoms with E-state index in [2.05, 4.69) is 164 Å². The summed E-state index contributed by atoms with van der Waals surface area (Å²) in [6.07, 6.45) is 0. The number of hydrogen-bond acceptors (Lipinski definition) is 2. The van der Waals surface area contributed by atoms with Gasteiger partial charge in [0, 0.05) is 33.9 Å². The number of anilines is 3. The van der Waals surface area contributed by atoms with Crippen LogP contribution in [0, 0.1) is 0 Å². The molecule has 0 radical (unpaired) electrons. The molecule has 0 amide bonds. The number of fused-ring (bicyclic) bond motifs is 9. The summed E-state index contributed by atoms with van der Waals surface area (Å²) in [6, 6.07) is 57.6. The van der Waals surface area contributed by atoms with Crippen LogP contribution in [0.1, 0.15) is 25.3 Å². The van der Waals surface area contributed by atoms with E-state index in [1.54, 1.807) is 0 Å². The number of rotatable bonds is 5. The Morgan fingerprint density at radius 1 is 0.408 bits per heavy atom. The van der Waals surface area contributed by atoms with Gasteiger partial charge >= 0.3 is 0 Å².